The summed E-state index contributed by atoms with van der Waals surface area (Å²) in [5.74, 6) is -0.184. The van der Waals surface area contributed by atoms with E-state index in [0.717, 1.165) is 65.7 Å². The molecule has 216 valence electrons. The molecule has 0 spiro atoms. The Hall–Kier alpha value is -4.33. The Kier molecular flexibility index (Phi) is 9.65. The van der Waals surface area contributed by atoms with Crippen LogP contribution in [-0.2, 0) is 9.53 Å². The molecule has 0 saturated heterocycles. The van der Waals surface area contributed by atoms with Crippen molar-refractivity contribution in [3.63, 3.8) is 0 Å². The van der Waals surface area contributed by atoms with Crippen molar-refractivity contribution in [2.45, 2.75) is 58.9 Å². The first-order chi connectivity index (χ1) is 19.7. The van der Waals surface area contributed by atoms with E-state index in [2.05, 4.69) is 16.0 Å². The molecule has 1 fully saturated rings. The van der Waals surface area contributed by atoms with E-state index in [9.17, 15) is 14.4 Å². The first kappa shape index (κ1) is 29.6. The summed E-state index contributed by atoms with van der Waals surface area (Å²) in [5, 5.41) is 8.74. The third-order valence-electron chi connectivity index (χ3n) is 7.71. The van der Waals surface area contributed by atoms with Crippen LogP contribution in [0.15, 0.2) is 54.6 Å². The first-order valence-corrected chi connectivity index (χ1v) is 14.0. The Morgan fingerprint density at radius 1 is 0.805 bits per heavy atom. The minimum atomic E-state index is -0.756. The fourth-order valence-electron chi connectivity index (χ4n) is 5.64. The lowest BCUT2D eigenvalue weighted by atomic mass is 9.83. The van der Waals surface area contributed by atoms with Gasteiger partial charge >= 0.3 is 12.0 Å². The monoisotopic (exact) mass is 557 g/mol. The van der Waals surface area contributed by atoms with E-state index in [0.29, 0.717) is 11.4 Å². The fourth-order valence-corrected chi connectivity index (χ4v) is 5.64. The van der Waals surface area contributed by atoms with Gasteiger partial charge in [0.1, 0.15) is 11.8 Å². The fraction of sp³-hybridized carbons (Fsp3) is 0.364. The van der Waals surface area contributed by atoms with E-state index in [1.807, 2.05) is 63.2 Å². The number of hydrogen-bond acceptors (Lipinski definition) is 5. The highest BCUT2D eigenvalue weighted by molar-refractivity contribution is 6.08. The van der Waals surface area contributed by atoms with Crippen molar-refractivity contribution >= 4 is 29.3 Å². The van der Waals surface area contributed by atoms with Crippen LogP contribution in [0, 0.1) is 26.7 Å². The second-order valence-corrected chi connectivity index (χ2v) is 10.7. The van der Waals surface area contributed by atoms with E-state index in [-0.39, 0.29) is 11.5 Å². The second kappa shape index (κ2) is 13.4. The van der Waals surface area contributed by atoms with Gasteiger partial charge in [-0.1, -0.05) is 55.2 Å². The van der Waals surface area contributed by atoms with Gasteiger partial charge in [0.05, 0.1) is 25.5 Å². The van der Waals surface area contributed by atoms with Crippen LogP contribution in [-0.4, -0.2) is 38.2 Å². The predicted molar refractivity (Wildman–Crippen MR) is 162 cm³/mol. The highest BCUT2D eigenvalue weighted by Gasteiger charge is 2.32. The molecule has 1 saturated carbocycles. The highest BCUT2D eigenvalue weighted by atomic mass is 16.5. The van der Waals surface area contributed by atoms with Crippen molar-refractivity contribution in [2.24, 2.45) is 5.92 Å². The molecule has 0 aliphatic heterocycles. The van der Waals surface area contributed by atoms with Crippen LogP contribution in [0.5, 0.6) is 5.75 Å². The number of nitrogens with one attached hydrogen (secondary N) is 3. The molecule has 1 aliphatic carbocycles. The molecule has 0 aromatic heterocycles. The third-order valence-corrected chi connectivity index (χ3v) is 7.71. The van der Waals surface area contributed by atoms with Crippen LogP contribution in [0.4, 0.5) is 16.2 Å². The number of aryl methyl sites for hydroxylation is 3. The average Bonchev–Trinajstić information content (AvgIpc) is 2.97. The summed E-state index contributed by atoms with van der Waals surface area (Å²) in [6, 6.07) is 15.6. The van der Waals surface area contributed by atoms with Gasteiger partial charge in [-0.25, -0.2) is 9.59 Å². The summed E-state index contributed by atoms with van der Waals surface area (Å²) in [5.41, 5.74) is 5.97. The minimum absolute atomic E-state index is 0.00548. The Morgan fingerprint density at radius 3 is 2.05 bits per heavy atom. The Labute approximate surface area is 241 Å². The first-order valence-electron chi connectivity index (χ1n) is 14.0. The van der Waals surface area contributed by atoms with Crippen molar-refractivity contribution in [3.8, 4) is 16.9 Å². The average molecular weight is 558 g/mol. The summed E-state index contributed by atoms with van der Waals surface area (Å²) < 4.78 is 10.3. The SMILES string of the molecule is COC(=O)[C@@H](NC(=O)c1ccc(-c2ccc(OC)cc2)cc1NC(=O)Nc1c(C)cc(C)cc1C)C1CCCCC1. The van der Waals surface area contributed by atoms with E-state index in [4.69, 9.17) is 9.47 Å². The van der Waals surface area contributed by atoms with Gasteiger partial charge in [-0.2, -0.15) is 0 Å². The number of benzene rings is 3. The van der Waals surface area contributed by atoms with Crippen LogP contribution in [0.2, 0.25) is 0 Å². The third kappa shape index (κ3) is 7.25. The zero-order valence-corrected chi connectivity index (χ0v) is 24.4. The molecular formula is C33H39N3O5. The lowest BCUT2D eigenvalue weighted by Gasteiger charge is -2.29. The molecule has 0 radical (unpaired) electrons. The van der Waals surface area contributed by atoms with E-state index < -0.39 is 23.9 Å². The number of ether oxygens (including phenoxy) is 2. The summed E-state index contributed by atoms with van der Waals surface area (Å²) in [6.07, 6.45) is 4.83. The quantitative estimate of drug-likeness (QED) is 0.265. The number of carbonyl (C=O) groups excluding carboxylic acids is 3. The van der Waals surface area contributed by atoms with Gasteiger partial charge in [0.2, 0.25) is 0 Å². The largest absolute Gasteiger partial charge is 0.497 e. The van der Waals surface area contributed by atoms with Gasteiger partial charge in [0.15, 0.2) is 0 Å². The smallest absolute Gasteiger partial charge is 0.328 e. The van der Waals surface area contributed by atoms with Crippen LogP contribution in [0.1, 0.15) is 59.2 Å². The van der Waals surface area contributed by atoms with E-state index >= 15 is 0 Å². The van der Waals surface area contributed by atoms with Crippen molar-refractivity contribution in [3.05, 3.63) is 76.9 Å². The maximum Gasteiger partial charge on any atom is 0.328 e. The zero-order chi connectivity index (χ0) is 29.5. The van der Waals surface area contributed by atoms with Gasteiger partial charge in [-0.15, -0.1) is 0 Å². The van der Waals surface area contributed by atoms with Crippen LogP contribution < -0.4 is 20.7 Å². The standard InChI is InChI=1S/C33H39N3O5/c1-20-17-21(2)29(22(3)18-20)36-33(39)34-28-19-25(23-11-14-26(40-4)15-12-23)13-16-27(28)31(37)35-30(32(38)41-5)24-9-7-6-8-10-24/h11-19,24,30H,6-10H2,1-5H3,(H,35,37)(H2,34,36,39)/t30-/m0/s1. The molecule has 8 nitrogen and oxygen atoms in total. The van der Waals surface area contributed by atoms with Crippen LogP contribution in [0.25, 0.3) is 11.1 Å². The highest BCUT2D eigenvalue weighted by Crippen LogP contribution is 2.30. The second-order valence-electron chi connectivity index (χ2n) is 10.7. The van der Waals surface area contributed by atoms with Crippen molar-refractivity contribution in [2.75, 3.05) is 24.9 Å². The molecule has 0 bridgehead atoms. The molecule has 3 amide bonds. The maximum atomic E-state index is 13.6. The number of methoxy groups -OCH3 is 2. The summed E-state index contributed by atoms with van der Waals surface area (Å²) in [6.45, 7) is 5.89. The molecule has 41 heavy (non-hydrogen) atoms. The van der Waals surface area contributed by atoms with Crippen molar-refractivity contribution in [1.29, 1.82) is 0 Å². The predicted octanol–water partition coefficient (Wildman–Crippen LogP) is 6.78. The molecule has 3 aromatic carbocycles. The number of esters is 1. The molecule has 1 atom stereocenters. The Morgan fingerprint density at radius 2 is 1.44 bits per heavy atom. The maximum absolute atomic E-state index is 13.6. The molecule has 4 rings (SSSR count). The Balaban J connectivity index is 1.66. The normalized spacial score (nSPS) is 14.1. The van der Waals surface area contributed by atoms with Gasteiger partial charge in [0.25, 0.3) is 5.91 Å². The van der Waals surface area contributed by atoms with E-state index in [1.165, 1.54) is 7.11 Å². The van der Waals surface area contributed by atoms with Crippen LogP contribution >= 0.6 is 0 Å². The van der Waals surface area contributed by atoms with E-state index in [1.54, 1.807) is 19.2 Å². The number of carbonyl (C=O) groups is 3. The zero-order valence-electron chi connectivity index (χ0n) is 24.4. The molecule has 3 N–H and O–H groups in total. The lowest BCUT2D eigenvalue weighted by molar-refractivity contribution is -0.144. The number of rotatable bonds is 8. The molecule has 8 heteroatoms. The van der Waals surface area contributed by atoms with Gasteiger partial charge in [-0.05, 0) is 86.1 Å². The number of amides is 3. The molecule has 0 unspecified atom stereocenters. The minimum Gasteiger partial charge on any atom is -0.497 e. The number of anilines is 2. The summed E-state index contributed by atoms with van der Waals surface area (Å²) in [4.78, 5) is 39.6. The van der Waals surface area contributed by atoms with Gasteiger partial charge < -0.3 is 25.4 Å². The number of urea groups is 1. The summed E-state index contributed by atoms with van der Waals surface area (Å²) in [7, 11) is 2.94. The summed E-state index contributed by atoms with van der Waals surface area (Å²) >= 11 is 0. The molecular weight excluding hydrogens is 518 g/mol. The Bertz CT molecular complexity index is 1390. The van der Waals surface area contributed by atoms with Gasteiger partial charge in [-0.3, -0.25) is 4.79 Å². The molecule has 1 aliphatic rings. The van der Waals surface area contributed by atoms with Crippen LogP contribution in [0.3, 0.4) is 0 Å². The van der Waals surface area contributed by atoms with Gasteiger partial charge in [0, 0.05) is 5.69 Å². The van der Waals surface area contributed by atoms with Crippen molar-refractivity contribution in [1.82, 2.24) is 5.32 Å². The topological polar surface area (TPSA) is 106 Å². The molecule has 3 aromatic rings. The number of hydrogen-bond donors (Lipinski definition) is 3. The lowest BCUT2D eigenvalue weighted by Crippen LogP contribution is -2.47. The van der Waals surface area contributed by atoms with Crippen molar-refractivity contribution < 1.29 is 23.9 Å². The molecule has 0 heterocycles.